The number of aromatic hydroxyl groups is 1. The van der Waals surface area contributed by atoms with Crippen molar-refractivity contribution < 1.29 is 5.11 Å². The van der Waals surface area contributed by atoms with Crippen LogP contribution in [0.25, 0.3) is 11.7 Å². The van der Waals surface area contributed by atoms with E-state index in [9.17, 15) is 9.90 Å². The summed E-state index contributed by atoms with van der Waals surface area (Å²) in [4.78, 5) is 32.5. The van der Waals surface area contributed by atoms with E-state index in [0.29, 0.717) is 34.4 Å². The first-order valence-electron chi connectivity index (χ1n) is 9.14. The average Bonchev–Trinajstić information content (AvgIpc) is 3.04. The molecule has 1 aliphatic carbocycles. The highest BCUT2D eigenvalue weighted by atomic mass is 16.3. The predicted molar refractivity (Wildman–Crippen MR) is 97.2 cm³/mol. The number of H-pyrrole nitrogens is 2. The largest absolute Gasteiger partial charge is 0.493 e. The summed E-state index contributed by atoms with van der Waals surface area (Å²) in [6.07, 6.45) is 6.53. The van der Waals surface area contributed by atoms with Crippen molar-refractivity contribution in [3.05, 3.63) is 33.2 Å². The number of nitrogens with zero attached hydrogens (tertiary/aromatic N) is 6. The topological polar surface area (TPSA) is 128 Å². The Hall–Kier alpha value is -3.17. The van der Waals surface area contributed by atoms with Crippen LogP contribution in [0.3, 0.4) is 0 Å². The number of hydrogen-bond acceptors (Lipinski definition) is 7. The van der Waals surface area contributed by atoms with E-state index < -0.39 is 5.69 Å². The Morgan fingerprint density at radius 2 is 2.15 bits per heavy atom. The van der Waals surface area contributed by atoms with Crippen LogP contribution in [-0.2, 0) is 0 Å². The van der Waals surface area contributed by atoms with E-state index in [1.54, 1.807) is 16.8 Å². The van der Waals surface area contributed by atoms with Gasteiger partial charge in [0.1, 0.15) is 5.69 Å². The van der Waals surface area contributed by atoms with Crippen molar-refractivity contribution in [1.29, 1.82) is 0 Å². The van der Waals surface area contributed by atoms with Crippen LogP contribution in [0, 0.1) is 5.92 Å². The summed E-state index contributed by atoms with van der Waals surface area (Å²) in [7, 11) is 0. The van der Waals surface area contributed by atoms with Crippen molar-refractivity contribution in [1.82, 2.24) is 29.5 Å². The smallest absolute Gasteiger partial charge is 0.326 e. The molecule has 1 atom stereocenters. The van der Waals surface area contributed by atoms with E-state index in [4.69, 9.17) is 4.98 Å². The SMILES string of the molecule is CC1CCN(c2nc(=NC3CC3)n3nc/c(=C\c4[nH]c(=O)[nH]c4O)c3n2)C1. The number of imidazole rings is 1. The third-order valence-electron chi connectivity index (χ3n) is 4.95. The minimum absolute atomic E-state index is 0.218. The number of nitrogens with one attached hydrogen (secondary N) is 2. The zero-order chi connectivity index (χ0) is 18.5. The van der Waals surface area contributed by atoms with Gasteiger partial charge in [0, 0.05) is 18.3 Å². The fourth-order valence-electron chi connectivity index (χ4n) is 3.33. The maximum atomic E-state index is 11.4. The molecule has 0 amide bonds. The van der Waals surface area contributed by atoms with E-state index in [-0.39, 0.29) is 11.6 Å². The lowest BCUT2D eigenvalue weighted by Gasteiger charge is -2.15. The van der Waals surface area contributed by atoms with Crippen LogP contribution in [0.2, 0.25) is 0 Å². The first-order chi connectivity index (χ1) is 13.1. The van der Waals surface area contributed by atoms with E-state index in [0.717, 1.165) is 32.4 Å². The second-order valence-corrected chi connectivity index (χ2v) is 7.34. The average molecular weight is 368 g/mol. The molecule has 0 bridgehead atoms. The van der Waals surface area contributed by atoms with Gasteiger partial charge in [0.15, 0.2) is 5.65 Å². The molecule has 2 aliphatic rings. The number of rotatable bonds is 3. The van der Waals surface area contributed by atoms with Crippen LogP contribution in [-0.4, -0.2) is 53.8 Å². The molecule has 3 N–H and O–H groups in total. The number of aromatic amines is 2. The first-order valence-corrected chi connectivity index (χ1v) is 9.14. The Balaban J connectivity index is 1.71. The molecule has 2 fully saturated rings. The van der Waals surface area contributed by atoms with Gasteiger partial charge in [-0.25, -0.2) is 9.79 Å². The van der Waals surface area contributed by atoms with E-state index in [1.807, 2.05) is 0 Å². The number of aromatic nitrogens is 6. The summed E-state index contributed by atoms with van der Waals surface area (Å²) in [6, 6.07) is 0.301. The molecule has 140 valence electrons. The monoisotopic (exact) mass is 368 g/mol. The molecule has 0 spiro atoms. The van der Waals surface area contributed by atoms with Gasteiger partial charge in [-0.15, -0.1) is 0 Å². The molecule has 3 aromatic rings. The maximum Gasteiger partial charge on any atom is 0.326 e. The van der Waals surface area contributed by atoms with E-state index >= 15 is 0 Å². The molecule has 5 rings (SSSR count). The Morgan fingerprint density at radius 1 is 1.30 bits per heavy atom. The summed E-state index contributed by atoms with van der Waals surface area (Å²) in [5, 5.41) is 14.9. The van der Waals surface area contributed by atoms with Crippen molar-refractivity contribution in [3.63, 3.8) is 0 Å². The second kappa shape index (κ2) is 5.93. The first kappa shape index (κ1) is 16.0. The summed E-state index contributed by atoms with van der Waals surface area (Å²) < 4.78 is 1.62. The van der Waals surface area contributed by atoms with Gasteiger partial charge < -0.3 is 15.0 Å². The molecular weight excluding hydrogens is 348 g/mol. The molecule has 27 heavy (non-hydrogen) atoms. The predicted octanol–water partition coefficient (Wildman–Crippen LogP) is -0.697. The van der Waals surface area contributed by atoms with Gasteiger partial charge in [0.25, 0.3) is 5.62 Å². The van der Waals surface area contributed by atoms with Crippen LogP contribution in [0.5, 0.6) is 5.88 Å². The van der Waals surface area contributed by atoms with Gasteiger partial charge in [0.2, 0.25) is 11.8 Å². The normalized spacial score (nSPS) is 21.7. The van der Waals surface area contributed by atoms with Crippen LogP contribution in [0.1, 0.15) is 31.9 Å². The molecule has 10 nitrogen and oxygen atoms in total. The summed E-state index contributed by atoms with van der Waals surface area (Å²) in [6.45, 7) is 4.05. The minimum Gasteiger partial charge on any atom is -0.493 e. The van der Waals surface area contributed by atoms with Crippen molar-refractivity contribution >= 4 is 17.7 Å². The van der Waals surface area contributed by atoms with Gasteiger partial charge in [-0.1, -0.05) is 6.92 Å². The van der Waals surface area contributed by atoms with E-state index in [2.05, 4.69) is 36.9 Å². The molecule has 1 saturated heterocycles. The van der Waals surface area contributed by atoms with Crippen molar-refractivity contribution in [2.24, 2.45) is 10.9 Å². The Morgan fingerprint density at radius 3 is 2.81 bits per heavy atom. The molecule has 10 heteroatoms. The Bertz CT molecular complexity index is 1190. The standard InChI is InChI=1S/C17H20N8O2/c1-9-4-5-24(8-9)15-21-13-10(6-12-14(26)22-17(27)20-12)7-18-25(13)16(23-15)19-11-2-3-11/h6-7,9,11,26H,2-5,8H2,1H3,(H2,20,22,27)/b10-6+,19-16?. The van der Waals surface area contributed by atoms with Gasteiger partial charge >= 0.3 is 5.69 Å². The number of fused-ring (bicyclic) bond motifs is 1. The molecule has 1 saturated carbocycles. The lowest BCUT2D eigenvalue weighted by molar-refractivity contribution is 0.454. The highest BCUT2D eigenvalue weighted by Gasteiger charge is 2.24. The van der Waals surface area contributed by atoms with Crippen LogP contribution in [0.4, 0.5) is 5.95 Å². The van der Waals surface area contributed by atoms with E-state index in [1.165, 1.54) is 0 Å². The second-order valence-electron chi connectivity index (χ2n) is 7.34. The zero-order valence-corrected chi connectivity index (χ0v) is 14.9. The minimum atomic E-state index is -0.471. The summed E-state index contributed by atoms with van der Waals surface area (Å²) in [5.74, 6) is 1.03. The van der Waals surface area contributed by atoms with Crippen LogP contribution in [0.15, 0.2) is 16.0 Å². The lowest BCUT2D eigenvalue weighted by Crippen LogP contribution is -2.29. The van der Waals surface area contributed by atoms with Crippen molar-refractivity contribution in [2.45, 2.75) is 32.2 Å². The molecule has 3 aromatic heterocycles. The number of hydrogen-bond donors (Lipinski definition) is 3. The number of anilines is 1. The maximum absolute atomic E-state index is 11.4. The zero-order valence-electron chi connectivity index (χ0n) is 14.9. The third kappa shape index (κ3) is 2.96. The van der Waals surface area contributed by atoms with Gasteiger partial charge in [-0.3, -0.25) is 4.98 Å². The van der Waals surface area contributed by atoms with Crippen molar-refractivity contribution in [3.8, 4) is 5.88 Å². The highest BCUT2D eigenvalue weighted by Crippen LogP contribution is 2.23. The summed E-state index contributed by atoms with van der Waals surface area (Å²) in [5.41, 5.74) is 0.954. The molecule has 1 aliphatic heterocycles. The molecule has 0 aromatic carbocycles. The Labute approximate surface area is 153 Å². The van der Waals surface area contributed by atoms with Gasteiger partial charge in [0.05, 0.1) is 12.2 Å². The molecule has 1 unspecified atom stereocenters. The molecule has 4 heterocycles. The van der Waals surface area contributed by atoms with Crippen molar-refractivity contribution in [2.75, 3.05) is 18.0 Å². The highest BCUT2D eigenvalue weighted by molar-refractivity contribution is 5.57. The van der Waals surface area contributed by atoms with Crippen LogP contribution < -0.4 is 21.4 Å². The molecule has 0 radical (unpaired) electrons. The molecular formula is C17H20N8O2. The third-order valence-corrected chi connectivity index (χ3v) is 4.95. The van der Waals surface area contributed by atoms with Gasteiger partial charge in [-0.2, -0.15) is 19.6 Å². The van der Waals surface area contributed by atoms with Crippen LogP contribution >= 0.6 is 0 Å². The fraction of sp³-hybridized carbons (Fsp3) is 0.471. The summed E-state index contributed by atoms with van der Waals surface area (Å²) >= 11 is 0. The van der Waals surface area contributed by atoms with Gasteiger partial charge in [-0.05, 0) is 31.3 Å². The quantitative estimate of drug-likeness (QED) is 0.561. The Kier molecular flexibility index (Phi) is 3.52. The fourth-order valence-corrected chi connectivity index (χ4v) is 3.33. The lowest BCUT2D eigenvalue weighted by atomic mass is 10.2.